The van der Waals surface area contributed by atoms with Gasteiger partial charge in [0.1, 0.15) is 46.0 Å². The lowest BCUT2D eigenvalue weighted by molar-refractivity contribution is -0.571. The Morgan fingerprint density at radius 1 is 1.15 bits per heavy atom. The van der Waals surface area contributed by atoms with Gasteiger partial charge in [-0.2, -0.15) is 0 Å². The molecule has 2 aliphatic carbocycles. The van der Waals surface area contributed by atoms with Crippen molar-refractivity contribution < 1.29 is 23.4 Å². The zero-order chi connectivity index (χ0) is 32.4. The summed E-state index contributed by atoms with van der Waals surface area (Å²) in [7, 11) is 0. The fourth-order valence-corrected chi connectivity index (χ4v) is 6.45. The van der Waals surface area contributed by atoms with Gasteiger partial charge in [0.15, 0.2) is 0 Å². The van der Waals surface area contributed by atoms with Gasteiger partial charge in [-0.05, 0) is 106 Å². The molecule has 3 heterocycles. The normalized spacial score (nSPS) is 20.0. The quantitative estimate of drug-likeness (QED) is 0.173. The van der Waals surface area contributed by atoms with Gasteiger partial charge in [0.2, 0.25) is 19.0 Å². The molecule has 2 aromatic carbocycles. The minimum Gasteiger partial charge on any atom is -0.489 e. The number of aromatic nitrogens is 2. The van der Waals surface area contributed by atoms with Crippen LogP contribution in [0.25, 0.3) is 22.2 Å². The number of amides is 1. The van der Waals surface area contributed by atoms with Crippen molar-refractivity contribution in [2.45, 2.75) is 69.9 Å². The summed E-state index contributed by atoms with van der Waals surface area (Å²) < 4.78 is 27.1. The van der Waals surface area contributed by atoms with Crippen LogP contribution in [0, 0.1) is 42.8 Å². The number of nitrogens with zero attached hydrogens (tertiary/aromatic N) is 3. The van der Waals surface area contributed by atoms with Gasteiger partial charge < -0.3 is 15.2 Å². The Labute approximate surface area is 267 Å². The van der Waals surface area contributed by atoms with Gasteiger partial charge in [-0.3, -0.25) is 4.79 Å². The van der Waals surface area contributed by atoms with Gasteiger partial charge in [0.25, 0.3) is 0 Å². The van der Waals surface area contributed by atoms with E-state index in [9.17, 15) is 14.1 Å². The zero-order valence-electron chi connectivity index (χ0n) is 26.2. The molecular formula is C37H36FN4O4+. The van der Waals surface area contributed by atoms with Crippen LogP contribution in [0.5, 0.6) is 11.5 Å². The first-order valence-corrected chi connectivity index (χ1v) is 15.7. The SMILES string of the molecule is C#C[C@@](C[N+](=O)Cc1cc(OC2CC2)c2nc(C)c(C)cc2c1)(c1cc2c(c(-c3ccc(F)cc3)n1)OC[C@]2(C)C(N)=O)C1CC1. The lowest BCUT2D eigenvalue weighted by Gasteiger charge is -2.27. The summed E-state index contributed by atoms with van der Waals surface area (Å²) in [5, 5.41) is 0.921. The lowest BCUT2D eigenvalue weighted by atomic mass is 9.76. The molecule has 1 aliphatic heterocycles. The van der Waals surface area contributed by atoms with Crippen LogP contribution in [0.3, 0.4) is 0 Å². The Morgan fingerprint density at radius 2 is 1.89 bits per heavy atom. The van der Waals surface area contributed by atoms with Gasteiger partial charge in [-0.25, -0.2) is 14.4 Å². The second-order valence-electron chi connectivity index (χ2n) is 13.3. The number of primary amides is 1. The third-order valence-electron chi connectivity index (χ3n) is 9.71. The third-order valence-corrected chi connectivity index (χ3v) is 9.71. The number of nitrogens with two attached hydrogens (primary N) is 1. The van der Waals surface area contributed by atoms with E-state index in [1.807, 2.05) is 26.0 Å². The van der Waals surface area contributed by atoms with Gasteiger partial charge in [-0.1, -0.05) is 5.92 Å². The second kappa shape index (κ2) is 10.9. The van der Waals surface area contributed by atoms with Crippen molar-refractivity contribution >= 4 is 16.8 Å². The number of pyridine rings is 2. The van der Waals surface area contributed by atoms with Crippen LogP contribution in [0.1, 0.15) is 60.7 Å². The summed E-state index contributed by atoms with van der Waals surface area (Å²) in [5.41, 5.74) is 9.41. The maximum absolute atomic E-state index is 14.0. The number of rotatable bonds is 10. The predicted molar refractivity (Wildman–Crippen MR) is 172 cm³/mol. The van der Waals surface area contributed by atoms with Crippen molar-refractivity contribution in [3.63, 3.8) is 0 Å². The fourth-order valence-electron chi connectivity index (χ4n) is 6.45. The fraction of sp³-hybridized carbons (Fsp3) is 0.378. The number of terminal acetylenes is 1. The number of aryl methyl sites for hydroxylation is 2. The number of benzene rings is 2. The highest BCUT2D eigenvalue weighted by atomic mass is 19.1. The molecule has 8 nitrogen and oxygen atoms in total. The van der Waals surface area contributed by atoms with Crippen LogP contribution in [0.2, 0.25) is 0 Å². The molecule has 46 heavy (non-hydrogen) atoms. The number of nitroso groups, excluding NO2 is 1. The molecule has 0 saturated heterocycles. The highest BCUT2D eigenvalue weighted by Crippen LogP contribution is 2.51. The molecule has 234 valence electrons. The van der Waals surface area contributed by atoms with Gasteiger partial charge in [-0.15, -0.1) is 6.42 Å². The van der Waals surface area contributed by atoms with E-state index < -0.39 is 22.6 Å². The molecule has 0 radical (unpaired) electrons. The third kappa shape index (κ3) is 5.16. The predicted octanol–water partition coefficient (Wildman–Crippen LogP) is 5.99. The Morgan fingerprint density at radius 3 is 2.54 bits per heavy atom. The average molecular weight is 620 g/mol. The molecule has 3 aliphatic rings. The van der Waals surface area contributed by atoms with E-state index in [1.54, 1.807) is 25.1 Å². The minimum atomic E-state index is -1.13. The van der Waals surface area contributed by atoms with Crippen LogP contribution < -0.4 is 15.2 Å². The van der Waals surface area contributed by atoms with Gasteiger partial charge in [0.05, 0.1) is 11.8 Å². The lowest BCUT2D eigenvalue weighted by Crippen LogP contribution is -2.41. The molecule has 2 N–H and O–H groups in total. The van der Waals surface area contributed by atoms with Crippen molar-refractivity contribution in [1.29, 1.82) is 0 Å². The van der Waals surface area contributed by atoms with E-state index >= 15 is 0 Å². The smallest absolute Gasteiger partial charge is 0.231 e. The number of hydrogen-bond donors (Lipinski definition) is 1. The second-order valence-corrected chi connectivity index (χ2v) is 13.3. The van der Waals surface area contributed by atoms with E-state index in [0.29, 0.717) is 34.0 Å². The molecule has 2 aromatic heterocycles. The maximum Gasteiger partial charge on any atom is 0.231 e. The topological polar surface area (TPSA) is 107 Å². The summed E-state index contributed by atoms with van der Waals surface area (Å²) >= 11 is 0. The Balaban J connectivity index is 1.29. The molecular weight excluding hydrogens is 583 g/mol. The minimum absolute atomic E-state index is 0.0149. The molecule has 0 bridgehead atoms. The van der Waals surface area contributed by atoms with E-state index in [2.05, 4.69) is 12.0 Å². The standard InChI is InChI=1S/C37H35FN4O4/c1-5-37(26-8-9-26,19-42(44)18-23-15-25-14-21(2)22(3)40-32(25)30(16-23)46-28-12-13-28)31-17-29-34(45-20-36(29,4)35(39)43)33(41-31)24-6-10-27(38)11-7-24/h1,6-7,10-11,14-17,26,28H,8-9,12-13,18-20H2,2-4H3,(H-,39,43)/p+1/t36-,37-/m0/s1. The van der Waals surface area contributed by atoms with Crippen molar-refractivity contribution in [2.75, 3.05) is 13.2 Å². The maximum atomic E-state index is 14.0. The molecule has 2 saturated carbocycles. The first-order chi connectivity index (χ1) is 22.0. The molecule has 1 amide bonds. The molecule has 9 heteroatoms. The van der Waals surface area contributed by atoms with Crippen LogP contribution in [-0.4, -0.2) is 39.9 Å². The monoisotopic (exact) mass is 619 g/mol. The largest absolute Gasteiger partial charge is 0.489 e. The van der Waals surface area contributed by atoms with E-state index in [4.69, 9.17) is 31.6 Å². The summed E-state index contributed by atoms with van der Waals surface area (Å²) in [6.07, 6.45) is 10.2. The van der Waals surface area contributed by atoms with Crippen LogP contribution in [0.4, 0.5) is 4.39 Å². The summed E-state index contributed by atoms with van der Waals surface area (Å²) in [6, 6.07) is 13.7. The summed E-state index contributed by atoms with van der Waals surface area (Å²) in [6.45, 7) is 5.83. The van der Waals surface area contributed by atoms with Crippen LogP contribution in [0.15, 0.2) is 48.5 Å². The molecule has 2 fully saturated rings. The first kappa shape index (κ1) is 29.8. The van der Waals surface area contributed by atoms with E-state index in [0.717, 1.165) is 58.2 Å². The number of hydrogen-bond acceptors (Lipinski definition) is 6. The highest BCUT2D eigenvalue weighted by Gasteiger charge is 2.53. The number of carbonyl (C=O) groups excluding carboxylic acids is 1. The summed E-state index contributed by atoms with van der Waals surface area (Å²) in [4.78, 5) is 36.5. The van der Waals surface area contributed by atoms with Crippen molar-refractivity contribution in [3.05, 3.63) is 87.3 Å². The molecule has 4 aromatic rings. The molecule has 0 spiro atoms. The molecule has 7 rings (SSSR count). The van der Waals surface area contributed by atoms with E-state index in [1.165, 1.54) is 12.1 Å². The van der Waals surface area contributed by atoms with Crippen molar-refractivity contribution in [3.8, 4) is 35.1 Å². The number of ether oxygens (including phenoxy) is 2. The van der Waals surface area contributed by atoms with E-state index in [-0.39, 0.29) is 31.7 Å². The number of fused-ring (bicyclic) bond motifs is 2. The summed E-state index contributed by atoms with van der Waals surface area (Å²) in [5.74, 6) is 3.16. The van der Waals surface area contributed by atoms with Crippen LogP contribution >= 0.6 is 0 Å². The molecule has 0 unspecified atom stereocenters. The number of halogens is 1. The van der Waals surface area contributed by atoms with Crippen molar-refractivity contribution in [2.24, 2.45) is 11.7 Å². The van der Waals surface area contributed by atoms with Gasteiger partial charge in [0, 0.05) is 37.4 Å². The molecule has 2 atom stereocenters. The first-order valence-electron chi connectivity index (χ1n) is 15.7. The Bertz CT molecular complexity index is 1960. The zero-order valence-corrected chi connectivity index (χ0v) is 26.2. The number of carbonyl (C=O) groups is 1. The van der Waals surface area contributed by atoms with Crippen LogP contribution in [-0.2, 0) is 22.2 Å². The van der Waals surface area contributed by atoms with Gasteiger partial charge >= 0.3 is 0 Å². The highest BCUT2D eigenvalue weighted by molar-refractivity contribution is 5.90. The Hall–Kier alpha value is -4.84. The average Bonchev–Trinajstić information content (AvgIpc) is 3.96. The van der Waals surface area contributed by atoms with Crippen molar-refractivity contribution in [1.82, 2.24) is 9.97 Å². The Kier molecular flexibility index (Phi) is 7.07.